The fourth-order valence-corrected chi connectivity index (χ4v) is 7.63. The minimum absolute atomic E-state index is 0.0383. The first-order valence-corrected chi connectivity index (χ1v) is 15.6. The minimum atomic E-state index is -1.18. The van der Waals surface area contributed by atoms with Crippen LogP contribution in [0.25, 0.3) is 0 Å². The zero-order chi connectivity index (χ0) is 29.8. The van der Waals surface area contributed by atoms with Crippen LogP contribution in [-0.2, 0) is 25.5 Å². The summed E-state index contributed by atoms with van der Waals surface area (Å²) in [6.07, 6.45) is 6.86. The van der Waals surface area contributed by atoms with Gasteiger partial charge in [-0.15, -0.1) is 0 Å². The van der Waals surface area contributed by atoms with Crippen LogP contribution in [0.2, 0.25) is 5.02 Å². The first-order chi connectivity index (χ1) is 20.1. The Bertz CT molecular complexity index is 1420. The van der Waals surface area contributed by atoms with E-state index in [1.807, 2.05) is 68.5 Å². The Kier molecular flexibility index (Phi) is 7.69. The molecule has 8 atom stereocenters. The lowest BCUT2D eigenvalue weighted by atomic mass is 9.73. The molecule has 3 fully saturated rings. The molecule has 222 valence electrons. The molecule has 2 saturated heterocycles. The summed E-state index contributed by atoms with van der Waals surface area (Å²) in [4.78, 5) is 43.9. The van der Waals surface area contributed by atoms with Crippen LogP contribution in [0, 0.1) is 37.5 Å². The maximum atomic E-state index is 14.3. The number of fused-ring (bicyclic) bond motifs is 1. The average Bonchev–Trinajstić information content (AvgIpc) is 3.60. The third-order valence-electron chi connectivity index (χ3n) is 10.3. The quantitative estimate of drug-likeness (QED) is 0.433. The fraction of sp³-hybridized carbons (Fsp3) is 0.500. The van der Waals surface area contributed by atoms with Gasteiger partial charge in [0.25, 0.3) is 0 Å². The number of amides is 3. The molecule has 7 nitrogen and oxygen atoms in total. The van der Waals surface area contributed by atoms with Crippen LogP contribution in [0.3, 0.4) is 0 Å². The predicted molar refractivity (Wildman–Crippen MR) is 163 cm³/mol. The maximum absolute atomic E-state index is 14.3. The van der Waals surface area contributed by atoms with Gasteiger partial charge in [0.05, 0.1) is 17.9 Å². The molecule has 2 aromatic rings. The Morgan fingerprint density at radius 2 is 1.81 bits per heavy atom. The molecule has 0 radical (unpaired) electrons. The van der Waals surface area contributed by atoms with Crippen molar-refractivity contribution in [1.82, 2.24) is 10.2 Å². The van der Waals surface area contributed by atoms with Crippen molar-refractivity contribution in [2.75, 3.05) is 11.9 Å². The number of rotatable bonds is 7. The molecule has 4 aliphatic rings. The van der Waals surface area contributed by atoms with E-state index in [2.05, 4.69) is 24.5 Å². The molecule has 3 heterocycles. The van der Waals surface area contributed by atoms with E-state index in [4.69, 9.17) is 16.3 Å². The van der Waals surface area contributed by atoms with Crippen molar-refractivity contribution in [2.24, 2.45) is 23.7 Å². The van der Waals surface area contributed by atoms with Crippen molar-refractivity contribution < 1.29 is 19.1 Å². The summed E-state index contributed by atoms with van der Waals surface area (Å²) in [7, 11) is 0. The van der Waals surface area contributed by atoms with Crippen LogP contribution >= 0.6 is 11.6 Å². The van der Waals surface area contributed by atoms with E-state index in [9.17, 15) is 14.4 Å². The number of nitrogens with one attached hydrogen (secondary N) is 2. The standard InChI is InChI=1S/C34H40ClN3O4/c1-19-8-13-25(18-21(19)3)36-31(39)28-27-14-16-34(42-27)29(28)33(41)38(17-15-23-9-11-24(35)12-10-23)30(34)32(40)37-26-7-5-6-20(2)22(26)4/h8-14,16,18,20,22,26-30H,5-7,15,17H2,1-4H3,(H,36,39)(H,37,40)/t20-,22-,26+,27-,28+,29-,30-,34-/m0/s1. The van der Waals surface area contributed by atoms with E-state index >= 15 is 0 Å². The van der Waals surface area contributed by atoms with Crippen molar-refractivity contribution in [3.63, 3.8) is 0 Å². The molecule has 2 bridgehead atoms. The Morgan fingerprint density at radius 1 is 1.05 bits per heavy atom. The molecule has 2 N–H and O–H groups in total. The summed E-state index contributed by atoms with van der Waals surface area (Å²) < 4.78 is 6.52. The number of anilines is 1. The molecule has 42 heavy (non-hydrogen) atoms. The highest BCUT2D eigenvalue weighted by Gasteiger charge is 2.72. The van der Waals surface area contributed by atoms with Gasteiger partial charge < -0.3 is 20.3 Å². The summed E-state index contributed by atoms with van der Waals surface area (Å²) in [5.41, 5.74) is 2.72. The first-order valence-electron chi connectivity index (χ1n) is 15.2. The van der Waals surface area contributed by atoms with Crippen molar-refractivity contribution in [1.29, 1.82) is 0 Å². The largest absolute Gasteiger partial charge is 0.359 e. The smallest absolute Gasteiger partial charge is 0.246 e. The van der Waals surface area contributed by atoms with Crippen LogP contribution in [0.1, 0.15) is 49.8 Å². The molecule has 1 aliphatic carbocycles. The van der Waals surface area contributed by atoms with Gasteiger partial charge in [-0.25, -0.2) is 0 Å². The van der Waals surface area contributed by atoms with Crippen LogP contribution in [0.5, 0.6) is 0 Å². The van der Waals surface area contributed by atoms with Crippen molar-refractivity contribution in [3.05, 3.63) is 76.3 Å². The molecule has 0 aromatic heterocycles. The normalized spacial score (nSPS) is 33.1. The Hall–Kier alpha value is -3.16. The molecule has 0 unspecified atom stereocenters. The van der Waals surface area contributed by atoms with Gasteiger partial charge in [-0.3, -0.25) is 14.4 Å². The lowest BCUT2D eigenvalue weighted by Gasteiger charge is -2.38. The van der Waals surface area contributed by atoms with E-state index in [1.54, 1.807) is 4.90 Å². The van der Waals surface area contributed by atoms with E-state index in [-0.39, 0.29) is 23.8 Å². The number of aryl methyl sites for hydroxylation is 2. The van der Waals surface area contributed by atoms with Crippen LogP contribution < -0.4 is 10.6 Å². The number of carbonyl (C=O) groups is 3. The number of nitrogens with zero attached hydrogens (tertiary/aromatic N) is 1. The van der Waals surface area contributed by atoms with E-state index in [1.165, 1.54) is 0 Å². The SMILES string of the molecule is Cc1ccc(NC(=O)[C@@H]2[C@@H]3C=C[C@]4(O3)[C@@H]2C(=O)N(CCc2ccc(Cl)cc2)[C@H]4C(=O)N[C@@H]2CCC[C@H](C)[C@@H]2C)cc1C. The van der Waals surface area contributed by atoms with E-state index in [0.717, 1.165) is 36.0 Å². The molecule has 8 heteroatoms. The van der Waals surface area contributed by atoms with Crippen molar-refractivity contribution in [2.45, 2.75) is 77.2 Å². The lowest BCUT2D eigenvalue weighted by molar-refractivity contribution is -0.141. The molecular formula is C34H40ClN3O4. The number of ether oxygens (including phenoxy) is 1. The Labute approximate surface area is 253 Å². The lowest BCUT2D eigenvalue weighted by Crippen LogP contribution is -2.58. The number of hydrogen-bond acceptors (Lipinski definition) is 4. The number of carbonyl (C=O) groups excluding carboxylic acids is 3. The molecule has 3 aliphatic heterocycles. The van der Waals surface area contributed by atoms with Gasteiger partial charge in [-0.1, -0.05) is 68.6 Å². The van der Waals surface area contributed by atoms with Gasteiger partial charge >= 0.3 is 0 Å². The van der Waals surface area contributed by atoms with Gasteiger partial charge in [0.1, 0.15) is 11.6 Å². The second kappa shape index (κ2) is 11.2. The van der Waals surface area contributed by atoms with E-state index in [0.29, 0.717) is 35.5 Å². The molecule has 2 aromatic carbocycles. The Morgan fingerprint density at radius 3 is 2.55 bits per heavy atom. The highest BCUT2D eigenvalue weighted by Crippen LogP contribution is 2.55. The zero-order valence-corrected chi connectivity index (χ0v) is 25.5. The van der Waals surface area contributed by atoms with Crippen LogP contribution in [-0.4, -0.2) is 53.0 Å². The average molecular weight is 590 g/mol. The topological polar surface area (TPSA) is 87.7 Å². The van der Waals surface area contributed by atoms with Gasteiger partial charge in [-0.2, -0.15) is 0 Å². The minimum Gasteiger partial charge on any atom is -0.359 e. The highest BCUT2D eigenvalue weighted by molar-refractivity contribution is 6.30. The van der Waals surface area contributed by atoms with Gasteiger partial charge in [-0.05, 0) is 79.5 Å². The second-order valence-electron chi connectivity index (χ2n) is 12.8. The van der Waals surface area contributed by atoms with Crippen LogP contribution in [0.4, 0.5) is 5.69 Å². The Balaban J connectivity index is 1.30. The maximum Gasteiger partial charge on any atom is 0.246 e. The monoisotopic (exact) mass is 589 g/mol. The van der Waals surface area contributed by atoms with Crippen molar-refractivity contribution >= 4 is 35.0 Å². The summed E-state index contributed by atoms with van der Waals surface area (Å²) in [5.74, 6) is -1.33. The predicted octanol–water partition coefficient (Wildman–Crippen LogP) is 5.23. The highest BCUT2D eigenvalue weighted by atomic mass is 35.5. The van der Waals surface area contributed by atoms with E-state index < -0.39 is 29.6 Å². The zero-order valence-electron chi connectivity index (χ0n) is 24.7. The second-order valence-corrected chi connectivity index (χ2v) is 13.2. The summed E-state index contributed by atoms with van der Waals surface area (Å²) in [5, 5.41) is 6.99. The van der Waals surface area contributed by atoms with Gasteiger partial charge in [0.2, 0.25) is 17.7 Å². The summed E-state index contributed by atoms with van der Waals surface area (Å²) in [6, 6.07) is 12.5. The van der Waals surface area contributed by atoms with Crippen molar-refractivity contribution in [3.8, 4) is 0 Å². The number of hydrogen-bond donors (Lipinski definition) is 2. The fourth-order valence-electron chi connectivity index (χ4n) is 7.50. The third kappa shape index (κ3) is 4.94. The number of likely N-dealkylation sites (tertiary alicyclic amines) is 1. The molecule has 3 amide bonds. The molecule has 1 saturated carbocycles. The third-order valence-corrected chi connectivity index (χ3v) is 10.5. The molecule has 1 spiro atoms. The van der Waals surface area contributed by atoms with Crippen LogP contribution in [0.15, 0.2) is 54.6 Å². The number of halogens is 1. The molecular weight excluding hydrogens is 550 g/mol. The summed E-state index contributed by atoms with van der Waals surface area (Å²) >= 11 is 6.09. The van der Waals surface area contributed by atoms with Gasteiger partial charge in [0, 0.05) is 23.3 Å². The van der Waals surface area contributed by atoms with Gasteiger partial charge in [0.15, 0.2) is 0 Å². The molecule has 6 rings (SSSR count). The number of benzene rings is 2. The first kappa shape index (κ1) is 28.9. The summed E-state index contributed by atoms with van der Waals surface area (Å²) in [6.45, 7) is 8.78.